The number of benzene rings is 1. The number of rotatable bonds is 5. The van der Waals surface area contributed by atoms with Crippen LogP contribution in [-0.4, -0.2) is 39.9 Å². The van der Waals surface area contributed by atoms with Crippen LogP contribution in [0.2, 0.25) is 0 Å². The predicted molar refractivity (Wildman–Crippen MR) is 103 cm³/mol. The van der Waals surface area contributed by atoms with Crippen molar-refractivity contribution in [3.05, 3.63) is 46.9 Å². The van der Waals surface area contributed by atoms with Crippen LogP contribution in [0.25, 0.3) is 11.0 Å². The smallest absolute Gasteiger partial charge is 0.338 e. The van der Waals surface area contributed by atoms with Crippen LogP contribution >= 0.6 is 0 Å². The Morgan fingerprint density at radius 1 is 1.11 bits per heavy atom. The van der Waals surface area contributed by atoms with Gasteiger partial charge in [0, 0.05) is 12.2 Å². The molecule has 0 radical (unpaired) electrons. The lowest BCUT2D eigenvalue weighted by Crippen LogP contribution is -2.34. The second-order valence-corrected chi connectivity index (χ2v) is 6.75. The standard InChI is InChI=1S/C21H25N3O3/c1-4-24(17-8-6-5-7-9-17)20(25)13-27-21(26)16-10-11-18-19(12-16)23-15(3)14(2)22-18/h8,10-12H,4-7,9,13H2,1-3H3. The molecule has 6 heteroatoms. The van der Waals surface area contributed by atoms with E-state index in [2.05, 4.69) is 16.0 Å². The van der Waals surface area contributed by atoms with Crippen LogP contribution in [0.5, 0.6) is 0 Å². The molecule has 27 heavy (non-hydrogen) atoms. The summed E-state index contributed by atoms with van der Waals surface area (Å²) in [6.07, 6.45) is 6.26. The Labute approximate surface area is 159 Å². The van der Waals surface area contributed by atoms with E-state index in [1.165, 1.54) is 0 Å². The zero-order valence-electron chi connectivity index (χ0n) is 16.1. The third-order valence-corrected chi connectivity index (χ3v) is 4.87. The largest absolute Gasteiger partial charge is 0.452 e. The first-order valence-corrected chi connectivity index (χ1v) is 9.41. The molecule has 3 rings (SSSR count). The zero-order chi connectivity index (χ0) is 19.4. The highest BCUT2D eigenvalue weighted by Crippen LogP contribution is 2.21. The molecule has 0 N–H and O–H groups in total. The van der Waals surface area contributed by atoms with Gasteiger partial charge in [-0.15, -0.1) is 0 Å². The van der Waals surface area contributed by atoms with E-state index < -0.39 is 5.97 Å². The van der Waals surface area contributed by atoms with Crippen molar-refractivity contribution < 1.29 is 14.3 Å². The Hall–Kier alpha value is -2.76. The Morgan fingerprint density at radius 3 is 2.52 bits per heavy atom. The summed E-state index contributed by atoms with van der Waals surface area (Å²) in [7, 11) is 0. The number of hydrogen-bond donors (Lipinski definition) is 0. The molecule has 0 atom stereocenters. The molecular weight excluding hydrogens is 342 g/mol. The van der Waals surface area contributed by atoms with E-state index in [-0.39, 0.29) is 12.5 Å². The number of hydrogen-bond acceptors (Lipinski definition) is 5. The Bertz CT molecular complexity index is 905. The monoisotopic (exact) mass is 367 g/mol. The number of carbonyl (C=O) groups excluding carboxylic acids is 2. The normalized spacial score (nSPS) is 14.0. The molecule has 1 aromatic carbocycles. The van der Waals surface area contributed by atoms with Crippen LogP contribution < -0.4 is 0 Å². The first-order chi connectivity index (χ1) is 13.0. The summed E-state index contributed by atoms with van der Waals surface area (Å²) in [5.74, 6) is -0.718. The number of fused-ring (bicyclic) bond motifs is 1. The van der Waals surface area contributed by atoms with Crippen LogP contribution in [-0.2, 0) is 9.53 Å². The van der Waals surface area contributed by atoms with Gasteiger partial charge in [-0.2, -0.15) is 0 Å². The summed E-state index contributed by atoms with van der Waals surface area (Å²) in [4.78, 5) is 35.5. The molecule has 1 heterocycles. The fraction of sp³-hybridized carbons (Fsp3) is 0.429. The van der Waals surface area contributed by atoms with E-state index in [1.54, 1.807) is 23.1 Å². The maximum absolute atomic E-state index is 12.5. The predicted octanol–water partition coefficient (Wildman–Crippen LogP) is 3.71. The van der Waals surface area contributed by atoms with Crippen molar-refractivity contribution in [2.24, 2.45) is 0 Å². The summed E-state index contributed by atoms with van der Waals surface area (Å²) >= 11 is 0. The molecule has 1 aliphatic carbocycles. The fourth-order valence-corrected chi connectivity index (χ4v) is 3.25. The minimum Gasteiger partial charge on any atom is -0.452 e. The number of esters is 1. The molecule has 1 aromatic heterocycles. The molecule has 1 amide bonds. The molecule has 0 unspecified atom stereocenters. The summed E-state index contributed by atoms with van der Waals surface area (Å²) in [6, 6.07) is 5.06. The average Bonchev–Trinajstić information content (AvgIpc) is 2.68. The Kier molecular flexibility index (Phi) is 5.84. The molecule has 0 bridgehead atoms. The third kappa shape index (κ3) is 4.32. The number of aromatic nitrogens is 2. The highest BCUT2D eigenvalue weighted by molar-refractivity contribution is 5.94. The minimum atomic E-state index is -0.529. The molecule has 142 valence electrons. The van der Waals surface area contributed by atoms with Gasteiger partial charge in [-0.25, -0.2) is 14.8 Å². The molecule has 1 aliphatic rings. The van der Waals surface area contributed by atoms with Crippen molar-refractivity contribution in [2.45, 2.75) is 46.5 Å². The van der Waals surface area contributed by atoms with Gasteiger partial charge >= 0.3 is 5.97 Å². The topological polar surface area (TPSA) is 72.4 Å². The van der Waals surface area contributed by atoms with Crippen LogP contribution in [0.15, 0.2) is 30.0 Å². The SMILES string of the molecule is CCN(C(=O)COC(=O)c1ccc2nc(C)c(C)nc2c1)C1=CCCCC1. The van der Waals surface area contributed by atoms with E-state index in [0.717, 1.165) is 48.3 Å². The first-order valence-electron chi connectivity index (χ1n) is 9.41. The molecule has 0 saturated heterocycles. The maximum Gasteiger partial charge on any atom is 0.338 e. The lowest BCUT2D eigenvalue weighted by atomic mass is 10.0. The second-order valence-electron chi connectivity index (χ2n) is 6.75. The number of ether oxygens (including phenoxy) is 1. The minimum absolute atomic E-state index is 0.189. The van der Waals surface area contributed by atoms with Gasteiger partial charge in [0.1, 0.15) is 0 Å². The molecule has 0 spiro atoms. The Balaban J connectivity index is 1.68. The molecule has 6 nitrogen and oxygen atoms in total. The third-order valence-electron chi connectivity index (χ3n) is 4.87. The van der Waals surface area contributed by atoms with Gasteiger partial charge in [-0.05, 0) is 64.7 Å². The zero-order valence-corrected chi connectivity index (χ0v) is 16.1. The van der Waals surface area contributed by atoms with Crippen molar-refractivity contribution in [1.29, 1.82) is 0 Å². The number of amides is 1. The second kappa shape index (κ2) is 8.29. The van der Waals surface area contributed by atoms with E-state index >= 15 is 0 Å². The van der Waals surface area contributed by atoms with Gasteiger partial charge in [0.25, 0.3) is 5.91 Å². The van der Waals surface area contributed by atoms with Crippen molar-refractivity contribution >= 4 is 22.9 Å². The summed E-state index contributed by atoms with van der Waals surface area (Å²) in [5, 5.41) is 0. The summed E-state index contributed by atoms with van der Waals surface area (Å²) in [6.45, 7) is 6.02. The van der Waals surface area contributed by atoms with Gasteiger partial charge in [-0.1, -0.05) is 6.08 Å². The molecule has 0 aliphatic heterocycles. The summed E-state index contributed by atoms with van der Waals surface area (Å²) in [5.41, 5.74) is 4.46. The molecule has 2 aromatic rings. The van der Waals surface area contributed by atoms with Gasteiger partial charge in [0.15, 0.2) is 6.61 Å². The Morgan fingerprint density at radius 2 is 1.85 bits per heavy atom. The highest BCUT2D eigenvalue weighted by Gasteiger charge is 2.20. The van der Waals surface area contributed by atoms with E-state index in [4.69, 9.17) is 4.74 Å². The number of likely N-dealkylation sites (N-methyl/N-ethyl adjacent to an activating group) is 1. The molecule has 0 fully saturated rings. The van der Waals surface area contributed by atoms with Gasteiger partial charge in [-0.3, -0.25) is 4.79 Å². The van der Waals surface area contributed by atoms with Crippen molar-refractivity contribution in [1.82, 2.24) is 14.9 Å². The maximum atomic E-state index is 12.5. The van der Waals surface area contributed by atoms with E-state index in [1.807, 2.05) is 20.8 Å². The average molecular weight is 367 g/mol. The van der Waals surface area contributed by atoms with Crippen molar-refractivity contribution in [2.75, 3.05) is 13.2 Å². The number of carbonyl (C=O) groups is 2. The lowest BCUT2D eigenvalue weighted by Gasteiger charge is -2.26. The number of aryl methyl sites for hydroxylation is 2. The van der Waals surface area contributed by atoms with Crippen molar-refractivity contribution in [3.63, 3.8) is 0 Å². The summed E-state index contributed by atoms with van der Waals surface area (Å²) < 4.78 is 5.26. The quantitative estimate of drug-likeness (QED) is 0.753. The molecular formula is C21H25N3O3. The number of allylic oxidation sites excluding steroid dienone is 2. The van der Waals surface area contributed by atoms with Crippen LogP contribution in [0.3, 0.4) is 0 Å². The van der Waals surface area contributed by atoms with E-state index in [9.17, 15) is 9.59 Å². The fourth-order valence-electron chi connectivity index (χ4n) is 3.25. The first kappa shape index (κ1) is 19.0. The molecule has 0 saturated carbocycles. The van der Waals surface area contributed by atoms with Gasteiger partial charge in [0.05, 0.1) is 28.0 Å². The lowest BCUT2D eigenvalue weighted by molar-refractivity contribution is -0.132. The van der Waals surface area contributed by atoms with Crippen LogP contribution in [0.1, 0.15) is 54.4 Å². The van der Waals surface area contributed by atoms with Gasteiger partial charge < -0.3 is 9.64 Å². The van der Waals surface area contributed by atoms with Crippen LogP contribution in [0, 0.1) is 13.8 Å². The highest BCUT2D eigenvalue weighted by atomic mass is 16.5. The van der Waals surface area contributed by atoms with Crippen LogP contribution in [0.4, 0.5) is 0 Å². The van der Waals surface area contributed by atoms with E-state index in [0.29, 0.717) is 17.6 Å². The number of nitrogens with zero attached hydrogens (tertiary/aromatic N) is 3. The van der Waals surface area contributed by atoms with Gasteiger partial charge in [0.2, 0.25) is 0 Å². The van der Waals surface area contributed by atoms with Crippen molar-refractivity contribution in [3.8, 4) is 0 Å².